The number of rotatable bonds is 11. The Morgan fingerprint density at radius 3 is 2.81 bits per heavy atom. The number of thioether (sulfide) groups is 1. The summed E-state index contributed by atoms with van der Waals surface area (Å²) in [7, 11) is 0. The average Bonchev–Trinajstić information content (AvgIpc) is 2.65. The van der Waals surface area contributed by atoms with E-state index in [0.29, 0.717) is 25.8 Å². The smallest absolute Gasteiger partial charge is 0.303 e. The molecule has 1 aromatic rings. The van der Waals surface area contributed by atoms with Gasteiger partial charge in [0.05, 0.1) is 12.1 Å². The van der Waals surface area contributed by atoms with Gasteiger partial charge in [-0.1, -0.05) is 42.5 Å². The first-order chi connectivity index (χ1) is 13.1. The topological polar surface area (TPSA) is 77.8 Å². The number of carboxylic acids is 1. The number of carbonyl (C=O) groups is 2. The standard InChI is InChI=1S/C21H29NO4S/c23-19(16-17-6-2-1-3-7-17)12-11-18-8-4-9-20(24)22(18)13-15-27-14-5-10-21(25)26/h1-3,6-7,11-12,18-19,23H,4-5,8-10,13-16H2,(H,25,26)/t18?,19-/m0/s1. The van der Waals surface area contributed by atoms with Crippen molar-refractivity contribution in [3.8, 4) is 0 Å². The average molecular weight is 392 g/mol. The monoisotopic (exact) mass is 391 g/mol. The molecule has 2 atom stereocenters. The molecule has 148 valence electrons. The molecule has 1 amide bonds. The summed E-state index contributed by atoms with van der Waals surface area (Å²) in [4.78, 5) is 24.7. The van der Waals surface area contributed by atoms with Gasteiger partial charge in [-0.3, -0.25) is 9.59 Å². The minimum Gasteiger partial charge on any atom is -0.481 e. The zero-order valence-electron chi connectivity index (χ0n) is 15.6. The Morgan fingerprint density at radius 2 is 2.07 bits per heavy atom. The highest BCUT2D eigenvalue weighted by molar-refractivity contribution is 7.99. The van der Waals surface area contributed by atoms with Gasteiger partial charge in [-0.05, 0) is 30.6 Å². The molecule has 0 bridgehead atoms. The van der Waals surface area contributed by atoms with Crippen molar-refractivity contribution >= 4 is 23.6 Å². The molecule has 1 fully saturated rings. The van der Waals surface area contributed by atoms with Crippen molar-refractivity contribution in [1.82, 2.24) is 4.90 Å². The van der Waals surface area contributed by atoms with Crippen LogP contribution in [0.3, 0.4) is 0 Å². The van der Waals surface area contributed by atoms with Crippen LogP contribution in [0.1, 0.15) is 37.7 Å². The fraction of sp³-hybridized carbons (Fsp3) is 0.524. The summed E-state index contributed by atoms with van der Waals surface area (Å²) in [6.07, 6.45) is 7.02. The second kappa shape index (κ2) is 11.8. The van der Waals surface area contributed by atoms with Crippen molar-refractivity contribution in [3.05, 3.63) is 48.0 Å². The Bertz CT molecular complexity index is 620. The zero-order chi connectivity index (χ0) is 19.5. The van der Waals surface area contributed by atoms with Crippen LogP contribution in [0.25, 0.3) is 0 Å². The van der Waals surface area contributed by atoms with Crippen molar-refractivity contribution in [2.75, 3.05) is 18.1 Å². The SMILES string of the molecule is O=C(O)CCCSCCN1C(=O)CCCC1C=C[C@H](O)Cc1ccccc1. The molecule has 1 aliphatic heterocycles. The second-order valence-electron chi connectivity index (χ2n) is 6.80. The van der Waals surface area contributed by atoms with Gasteiger partial charge >= 0.3 is 5.97 Å². The van der Waals surface area contributed by atoms with Gasteiger partial charge in [-0.15, -0.1) is 0 Å². The van der Waals surface area contributed by atoms with E-state index in [1.165, 1.54) is 0 Å². The molecule has 5 nitrogen and oxygen atoms in total. The molecule has 0 radical (unpaired) electrons. The number of aliphatic carboxylic acids is 1. The summed E-state index contributed by atoms with van der Waals surface area (Å²) in [5, 5.41) is 18.9. The maximum absolute atomic E-state index is 12.3. The fourth-order valence-corrected chi connectivity index (χ4v) is 4.09. The molecule has 1 aromatic carbocycles. The first kappa shape index (κ1) is 21.5. The van der Waals surface area contributed by atoms with E-state index in [9.17, 15) is 14.7 Å². The molecule has 0 spiro atoms. The van der Waals surface area contributed by atoms with Gasteiger partial charge in [-0.25, -0.2) is 0 Å². The number of nitrogens with zero attached hydrogens (tertiary/aromatic N) is 1. The largest absolute Gasteiger partial charge is 0.481 e. The lowest BCUT2D eigenvalue weighted by atomic mass is 10.00. The number of carboxylic acid groups (broad SMARTS) is 1. The quantitative estimate of drug-likeness (QED) is 0.448. The third kappa shape index (κ3) is 8.18. The Morgan fingerprint density at radius 1 is 1.30 bits per heavy atom. The highest BCUT2D eigenvalue weighted by Crippen LogP contribution is 2.20. The van der Waals surface area contributed by atoms with Crippen LogP contribution in [0.4, 0.5) is 0 Å². The van der Waals surface area contributed by atoms with Crippen LogP contribution in [-0.4, -0.2) is 57.2 Å². The van der Waals surface area contributed by atoms with Gasteiger partial charge in [0.1, 0.15) is 0 Å². The highest BCUT2D eigenvalue weighted by atomic mass is 32.2. The number of aliphatic hydroxyl groups excluding tert-OH is 1. The van der Waals surface area contributed by atoms with E-state index in [-0.39, 0.29) is 18.4 Å². The minimum absolute atomic E-state index is 0.0382. The van der Waals surface area contributed by atoms with Crippen LogP contribution < -0.4 is 0 Å². The van der Waals surface area contributed by atoms with Crippen LogP contribution in [0.2, 0.25) is 0 Å². The van der Waals surface area contributed by atoms with Crippen LogP contribution in [0, 0.1) is 0 Å². The van der Waals surface area contributed by atoms with Gasteiger partial charge in [0, 0.05) is 31.6 Å². The number of piperidine rings is 1. The molecular formula is C21H29NO4S. The predicted molar refractivity (Wildman–Crippen MR) is 109 cm³/mol. The molecule has 1 unspecified atom stereocenters. The summed E-state index contributed by atoms with van der Waals surface area (Å²) in [6.45, 7) is 0.667. The van der Waals surface area contributed by atoms with Crippen molar-refractivity contribution in [2.45, 2.75) is 50.7 Å². The van der Waals surface area contributed by atoms with E-state index in [2.05, 4.69) is 0 Å². The van der Waals surface area contributed by atoms with E-state index >= 15 is 0 Å². The van der Waals surface area contributed by atoms with Crippen LogP contribution in [0.5, 0.6) is 0 Å². The maximum atomic E-state index is 12.3. The van der Waals surface area contributed by atoms with E-state index in [1.54, 1.807) is 11.8 Å². The third-order valence-corrected chi connectivity index (χ3v) is 5.66. The van der Waals surface area contributed by atoms with E-state index < -0.39 is 12.1 Å². The number of carbonyl (C=O) groups excluding carboxylic acids is 1. The molecular weight excluding hydrogens is 362 g/mol. The molecule has 2 N–H and O–H groups in total. The van der Waals surface area contributed by atoms with Gasteiger partial charge in [0.15, 0.2) is 0 Å². The number of benzene rings is 1. The van der Waals surface area contributed by atoms with Crippen molar-refractivity contribution in [3.63, 3.8) is 0 Å². The summed E-state index contributed by atoms with van der Waals surface area (Å²) in [5.41, 5.74) is 1.09. The Hall–Kier alpha value is -1.79. The molecule has 1 saturated heterocycles. The first-order valence-electron chi connectivity index (χ1n) is 9.55. The lowest BCUT2D eigenvalue weighted by Crippen LogP contribution is -2.43. The summed E-state index contributed by atoms with van der Waals surface area (Å²) >= 11 is 1.69. The van der Waals surface area contributed by atoms with Crippen LogP contribution >= 0.6 is 11.8 Å². The molecule has 1 aliphatic rings. The maximum Gasteiger partial charge on any atom is 0.303 e. The van der Waals surface area contributed by atoms with Crippen molar-refractivity contribution in [1.29, 1.82) is 0 Å². The Balaban J connectivity index is 1.79. The lowest BCUT2D eigenvalue weighted by molar-refractivity contribution is -0.137. The minimum atomic E-state index is -0.763. The normalized spacial score (nSPS) is 18.8. The van der Waals surface area contributed by atoms with E-state index in [1.807, 2.05) is 47.4 Å². The Kier molecular flexibility index (Phi) is 9.42. The fourth-order valence-electron chi connectivity index (χ4n) is 3.21. The second-order valence-corrected chi connectivity index (χ2v) is 8.02. The molecule has 27 heavy (non-hydrogen) atoms. The zero-order valence-corrected chi connectivity index (χ0v) is 16.4. The van der Waals surface area contributed by atoms with Gasteiger partial charge in [-0.2, -0.15) is 11.8 Å². The third-order valence-electron chi connectivity index (χ3n) is 4.61. The van der Waals surface area contributed by atoms with Crippen molar-refractivity contribution in [2.24, 2.45) is 0 Å². The molecule has 6 heteroatoms. The van der Waals surface area contributed by atoms with Gasteiger partial charge in [0.2, 0.25) is 5.91 Å². The molecule has 1 heterocycles. The predicted octanol–water partition coefficient (Wildman–Crippen LogP) is 3.13. The molecule has 0 aromatic heterocycles. The van der Waals surface area contributed by atoms with E-state index in [4.69, 9.17) is 5.11 Å². The van der Waals surface area contributed by atoms with Crippen LogP contribution in [-0.2, 0) is 16.0 Å². The first-order valence-corrected chi connectivity index (χ1v) is 10.7. The summed E-state index contributed by atoms with van der Waals surface area (Å²) < 4.78 is 0. The number of amides is 1. The molecule has 0 saturated carbocycles. The number of hydrogen-bond acceptors (Lipinski definition) is 4. The molecule has 0 aliphatic carbocycles. The van der Waals surface area contributed by atoms with Crippen LogP contribution in [0.15, 0.2) is 42.5 Å². The van der Waals surface area contributed by atoms with Crippen molar-refractivity contribution < 1.29 is 19.8 Å². The number of likely N-dealkylation sites (tertiary alicyclic amines) is 1. The molecule has 2 rings (SSSR count). The van der Waals surface area contributed by atoms with Gasteiger partial charge < -0.3 is 15.1 Å². The number of aliphatic hydroxyl groups is 1. The van der Waals surface area contributed by atoms with Gasteiger partial charge in [0.25, 0.3) is 0 Å². The number of hydrogen-bond donors (Lipinski definition) is 2. The summed E-state index contributed by atoms with van der Waals surface area (Å²) in [6, 6.07) is 9.90. The Labute approximate surface area is 165 Å². The highest BCUT2D eigenvalue weighted by Gasteiger charge is 2.25. The summed E-state index contributed by atoms with van der Waals surface area (Å²) in [5.74, 6) is 1.01. The lowest BCUT2D eigenvalue weighted by Gasteiger charge is -2.34. The van der Waals surface area contributed by atoms with E-state index in [0.717, 1.165) is 29.9 Å².